The van der Waals surface area contributed by atoms with Crippen molar-refractivity contribution in [3.63, 3.8) is 0 Å². The predicted octanol–water partition coefficient (Wildman–Crippen LogP) is 2.22. The summed E-state index contributed by atoms with van der Waals surface area (Å²) in [6.45, 7) is 2.76. The van der Waals surface area contributed by atoms with E-state index in [9.17, 15) is 4.79 Å². The molecule has 0 unspecified atom stereocenters. The number of hydrogen-bond donors (Lipinski definition) is 2. The average Bonchev–Trinajstić information content (AvgIpc) is 2.83. The highest BCUT2D eigenvalue weighted by molar-refractivity contribution is 7.10. The molecule has 0 spiro atoms. The van der Waals surface area contributed by atoms with Gasteiger partial charge in [-0.3, -0.25) is 4.79 Å². The molecular formula is C11H12N4OS. The van der Waals surface area contributed by atoms with E-state index in [-0.39, 0.29) is 5.91 Å². The maximum absolute atomic E-state index is 12.0. The van der Waals surface area contributed by atoms with Crippen molar-refractivity contribution < 1.29 is 4.79 Å². The molecule has 2 rings (SSSR count). The van der Waals surface area contributed by atoms with Gasteiger partial charge >= 0.3 is 0 Å². The number of hydrogen-bond acceptors (Lipinski definition) is 5. The summed E-state index contributed by atoms with van der Waals surface area (Å²) in [5, 5.41) is 10.2. The van der Waals surface area contributed by atoms with Gasteiger partial charge in [0, 0.05) is 23.8 Å². The van der Waals surface area contributed by atoms with E-state index in [2.05, 4.69) is 20.2 Å². The van der Waals surface area contributed by atoms with Gasteiger partial charge in [-0.05, 0) is 19.1 Å². The molecular weight excluding hydrogens is 236 g/mol. The Hall–Kier alpha value is -1.95. The minimum absolute atomic E-state index is 0.160. The fourth-order valence-corrected chi connectivity index (χ4v) is 1.84. The van der Waals surface area contributed by atoms with Crippen LogP contribution in [0.15, 0.2) is 30.5 Å². The Morgan fingerprint density at radius 2 is 2.24 bits per heavy atom. The summed E-state index contributed by atoms with van der Waals surface area (Å²) in [5.74, 6) is -0.160. The smallest absolute Gasteiger partial charge is 0.258 e. The number of carbonyl (C=O) groups excluding carboxylic acids is 1. The van der Waals surface area contributed by atoms with Crippen LogP contribution in [-0.4, -0.2) is 22.0 Å². The maximum atomic E-state index is 12.0. The zero-order valence-corrected chi connectivity index (χ0v) is 10.1. The van der Waals surface area contributed by atoms with E-state index in [1.54, 1.807) is 6.07 Å². The Morgan fingerprint density at radius 3 is 2.94 bits per heavy atom. The highest BCUT2D eigenvalue weighted by Crippen LogP contribution is 2.17. The van der Waals surface area contributed by atoms with E-state index >= 15 is 0 Å². The summed E-state index contributed by atoms with van der Waals surface area (Å²) in [7, 11) is 0. The summed E-state index contributed by atoms with van der Waals surface area (Å²) in [5.41, 5.74) is 1.44. The first-order valence-electron chi connectivity index (χ1n) is 5.23. The second-order valence-electron chi connectivity index (χ2n) is 3.31. The SMILES string of the molecule is CCNc1ccccc1C(=O)Nc1cnns1. The minimum Gasteiger partial charge on any atom is -0.385 e. The third-order valence-corrected chi connectivity index (χ3v) is 2.72. The van der Waals surface area contributed by atoms with E-state index in [1.807, 2.05) is 25.1 Å². The molecule has 1 aromatic carbocycles. The molecule has 88 valence electrons. The van der Waals surface area contributed by atoms with E-state index in [1.165, 1.54) is 6.20 Å². The average molecular weight is 248 g/mol. The number of carbonyl (C=O) groups is 1. The summed E-state index contributed by atoms with van der Waals surface area (Å²) in [6.07, 6.45) is 1.53. The Morgan fingerprint density at radius 1 is 1.41 bits per heavy atom. The molecule has 0 atom stereocenters. The third kappa shape index (κ3) is 2.79. The number of anilines is 2. The fraction of sp³-hybridized carbons (Fsp3) is 0.182. The predicted molar refractivity (Wildman–Crippen MR) is 68.5 cm³/mol. The number of aromatic nitrogens is 2. The lowest BCUT2D eigenvalue weighted by Gasteiger charge is -2.09. The van der Waals surface area contributed by atoms with E-state index in [4.69, 9.17) is 0 Å². The molecule has 5 nitrogen and oxygen atoms in total. The maximum Gasteiger partial charge on any atom is 0.258 e. The number of nitrogens with zero attached hydrogens (tertiary/aromatic N) is 2. The zero-order valence-electron chi connectivity index (χ0n) is 9.30. The number of nitrogens with one attached hydrogen (secondary N) is 2. The van der Waals surface area contributed by atoms with Crippen LogP contribution in [0.3, 0.4) is 0 Å². The van der Waals surface area contributed by atoms with Crippen LogP contribution in [0.5, 0.6) is 0 Å². The molecule has 0 aliphatic heterocycles. The van der Waals surface area contributed by atoms with Gasteiger partial charge in [0.15, 0.2) is 0 Å². The van der Waals surface area contributed by atoms with Crippen LogP contribution in [0.1, 0.15) is 17.3 Å². The van der Waals surface area contributed by atoms with Gasteiger partial charge in [0.1, 0.15) is 5.00 Å². The van der Waals surface area contributed by atoms with Gasteiger partial charge in [-0.15, -0.1) is 5.10 Å². The van der Waals surface area contributed by atoms with Crippen molar-refractivity contribution in [2.24, 2.45) is 0 Å². The first kappa shape index (κ1) is 11.5. The highest BCUT2D eigenvalue weighted by atomic mass is 32.1. The summed E-state index contributed by atoms with van der Waals surface area (Å²) in [6, 6.07) is 7.38. The van der Waals surface area contributed by atoms with Crippen molar-refractivity contribution in [2.75, 3.05) is 17.2 Å². The normalized spacial score (nSPS) is 9.94. The quantitative estimate of drug-likeness (QED) is 0.870. The van der Waals surface area contributed by atoms with Crippen molar-refractivity contribution in [2.45, 2.75) is 6.92 Å². The summed E-state index contributed by atoms with van der Waals surface area (Å²) < 4.78 is 3.69. The van der Waals surface area contributed by atoms with E-state index in [0.29, 0.717) is 10.6 Å². The van der Waals surface area contributed by atoms with Gasteiger partial charge in [-0.1, -0.05) is 16.6 Å². The topological polar surface area (TPSA) is 66.9 Å². The number of amides is 1. The molecule has 1 aromatic heterocycles. The van der Waals surface area contributed by atoms with Crippen molar-refractivity contribution in [1.82, 2.24) is 9.59 Å². The molecule has 2 N–H and O–H groups in total. The molecule has 2 aromatic rings. The second kappa shape index (κ2) is 5.40. The molecule has 17 heavy (non-hydrogen) atoms. The van der Waals surface area contributed by atoms with Gasteiger partial charge < -0.3 is 10.6 Å². The van der Waals surface area contributed by atoms with Crippen LogP contribution < -0.4 is 10.6 Å². The monoisotopic (exact) mass is 248 g/mol. The Labute approximate surface area is 103 Å². The van der Waals surface area contributed by atoms with Gasteiger partial charge in [-0.25, -0.2) is 0 Å². The number of benzene rings is 1. The van der Waals surface area contributed by atoms with Gasteiger partial charge in [0.2, 0.25) is 0 Å². The molecule has 0 bridgehead atoms. The molecule has 0 saturated carbocycles. The van der Waals surface area contributed by atoms with Crippen LogP contribution in [0.2, 0.25) is 0 Å². The zero-order chi connectivity index (χ0) is 12.1. The highest BCUT2D eigenvalue weighted by Gasteiger charge is 2.11. The molecule has 1 amide bonds. The van der Waals surface area contributed by atoms with Crippen LogP contribution >= 0.6 is 11.5 Å². The third-order valence-electron chi connectivity index (χ3n) is 2.14. The number of para-hydroxylation sites is 1. The van der Waals surface area contributed by atoms with Crippen molar-refractivity contribution in [3.8, 4) is 0 Å². The molecule has 0 aliphatic rings. The van der Waals surface area contributed by atoms with Crippen molar-refractivity contribution in [1.29, 1.82) is 0 Å². The standard InChI is InChI=1S/C11H12N4OS/c1-2-12-9-6-4-3-5-8(9)11(16)14-10-7-13-15-17-10/h3-7,12H,2H2,1H3,(H,14,16). The van der Waals surface area contributed by atoms with Crippen molar-refractivity contribution >= 4 is 28.1 Å². The first-order valence-corrected chi connectivity index (χ1v) is 6.00. The van der Waals surface area contributed by atoms with Gasteiger partial charge in [-0.2, -0.15) is 0 Å². The molecule has 6 heteroatoms. The van der Waals surface area contributed by atoms with Crippen LogP contribution in [-0.2, 0) is 0 Å². The lowest BCUT2D eigenvalue weighted by atomic mass is 10.1. The summed E-state index contributed by atoms with van der Waals surface area (Å²) in [4.78, 5) is 12.0. The van der Waals surface area contributed by atoms with E-state index in [0.717, 1.165) is 23.8 Å². The molecule has 0 aliphatic carbocycles. The molecule has 0 radical (unpaired) electrons. The van der Waals surface area contributed by atoms with Gasteiger partial charge in [0.25, 0.3) is 5.91 Å². The van der Waals surface area contributed by atoms with Crippen LogP contribution in [0.4, 0.5) is 10.7 Å². The second-order valence-corrected chi connectivity index (χ2v) is 4.10. The fourth-order valence-electron chi connectivity index (χ4n) is 1.43. The largest absolute Gasteiger partial charge is 0.385 e. The Bertz CT molecular complexity index is 498. The van der Waals surface area contributed by atoms with Crippen molar-refractivity contribution in [3.05, 3.63) is 36.0 Å². The minimum atomic E-state index is -0.160. The van der Waals surface area contributed by atoms with Gasteiger partial charge in [0.05, 0.1) is 11.8 Å². The summed E-state index contributed by atoms with van der Waals surface area (Å²) >= 11 is 1.15. The van der Waals surface area contributed by atoms with E-state index < -0.39 is 0 Å². The lowest BCUT2D eigenvalue weighted by Crippen LogP contribution is -2.14. The Balaban J connectivity index is 2.18. The lowest BCUT2D eigenvalue weighted by molar-refractivity contribution is 0.102. The van der Waals surface area contributed by atoms with Crippen LogP contribution in [0, 0.1) is 0 Å². The number of rotatable bonds is 4. The molecule has 1 heterocycles. The molecule has 0 fully saturated rings. The Kier molecular flexibility index (Phi) is 3.66. The first-order chi connectivity index (χ1) is 8.31. The molecule has 0 saturated heterocycles. The van der Waals surface area contributed by atoms with Crippen LogP contribution in [0.25, 0.3) is 0 Å².